The van der Waals surface area contributed by atoms with E-state index in [1.54, 1.807) is 20.1 Å². The minimum absolute atomic E-state index is 0.0612. The molecule has 0 aliphatic carbocycles. The highest BCUT2D eigenvalue weighted by Crippen LogP contribution is 2.41. The molecule has 1 amide bonds. The van der Waals surface area contributed by atoms with Gasteiger partial charge >= 0.3 is 5.97 Å². The van der Waals surface area contributed by atoms with E-state index in [4.69, 9.17) is 18.9 Å². The minimum atomic E-state index is -4.15. The first kappa shape index (κ1) is 33.0. The van der Waals surface area contributed by atoms with E-state index in [1.165, 1.54) is 30.3 Å². The molecule has 0 heterocycles. The second-order valence-corrected chi connectivity index (χ2v) is 12.8. The fourth-order valence-corrected chi connectivity index (χ4v) is 4.65. The average molecular weight is 576 g/mol. The minimum Gasteiger partial charge on any atom is -0.467 e. The van der Waals surface area contributed by atoms with Crippen molar-refractivity contribution >= 4 is 28.0 Å². The molecule has 0 aliphatic heterocycles. The number of nitrogens with one attached hydrogen (secondary N) is 1. The maximum atomic E-state index is 12.7. The molecule has 0 aromatic heterocycles. The number of hydrogen-bond donors (Lipinski definition) is 1. The van der Waals surface area contributed by atoms with Crippen LogP contribution in [0.5, 0.6) is 5.75 Å². The van der Waals surface area contributed by atoms with E-state index in [-0.39, 0.29) is 34.7 Å². The van der Waals surface area contributed by atoms with Gasteiger partial charge in [-0.1, -0.05) is 41.5 Å². The van der Waals surface area contributed by atoms with Gasteiger partial charge in [0, 0.05) is 24.3 Å². The highest BCUT2D eigenvalue weighted by Gasteiger charge is 2.28. The van der Waals surface area contributed by atoms with Gasteiger partial charge in [-0.2, -0.15) is 0 Å². The van der Waals surface area contributed by atoms with Gasteiger partial charge in [0.05, 0.1) is 30.3 Å². The summed E-state index contributed by atoms with van der Waals surface area (Å²) in [4.78, 5) is 24.3. The van der Waals surface area contributed by atoms with Crippen LogP contribution in [0.1, 0.15) is 75.5 Å². The van der Waals surface area contributed by atoms with Gasteiger partial charge in [-0.3, -0.25) is 4.79 Å². The van der Waals surface area contributed by atoms with E-state index in [0.717, 1.165) is 11.1 Å². The predicted molar refractivity (Wildman–Crippen MR) is 154 cm³/mol. The van der Waals surface area contributed by atoms with Crippen molar-refractivity contribution in [3.63, 3.8) is 0 Å². The van der Waals surface area contributed by atoms with E-state index in [9.17, 15) is 18.0 Å². The number of rotatable bonds is 12. The number of hydrogen-bond acceptors (Lipinski definition) is 8. The molecule has 0 spiro atoms. The molecule has 0 unspecified atom stereocenters. The molecule has 2 aromatic carbocycles. The number of carbonyl (C=O) groups is 2. The third kappa shape index (κ3) is 9.46. The average Bonchev–Trinajstić information content (AvgIpc) is 2.86. The van der Waals surface area contributed by atoms with Gasteiger partial charge < -0.3 is 18.9 Å². The summed E-state index contributed by atoms with van der Waals surface area (Å²) < 4.78 is 49.1. The SMILES string of the molecule is CCOC(=O)c1ccc(S(=O)(=O)NC(=O)/C=C/c2cc(C(C)(C)C)c(OCOCCOC)c(C(C)(C)C)c2)cc1. The highest BCUT2D eigenvalue weighted by atomic mass is 32.2. The second kappa shape index (κ2) is 13.9. The number of sulfonamides is 1. The van der Waals surface area contributed by atoms with Crippen LogP contribution in [0.3, 0.4) is 0 Å². The lowest BCUT2D eigenvalue weighted by molar-refractivity contribution is -0.114. The Morgan fingerprint density at radius 1 is 0.925 bits per heavy atom. The molecule has 10 heteroatoms. The van der Waals surface area contributed by atoms with Gasteiger partial charge in [-0.25, -0.2) is 17.9 Å². The first-order chi connectivity index (χ1) is 18.6. The number of benzene rings is 2. The number of esters is 1. The predicted octanol–water partition coefficient (Wildman–Crippen LogP) is 4.98. The molecule has 1 N–H and O–H groups in total. The zero-order valence-corrected chi connectivity index (χ0v) is 25.4. The molecule has 2 rings (SSSR count). The second-order valence-electron chi connectivity index (χ2n) is 11.2. The largest absolute Gasteiger partial charge is 0.467 e. The summed E-state index contributed by atoms with van der Waals surface area (Å²) in [6.07, 6.45) is 2.74. The topological polar surface area (TPSA) is 117 Å². The summed E-state index contributed by atoms with van der Waals surface area (Å²) >= 11 is 0. The van der Waals surface area contributed by atoms with Crippen LogP contribution in [0.4, 0.5) is 0 Å². The summed E-state index contributed by atoms with van der Waals surface area (Å²) in [6, 6.07) is 9.00. The van der Waals surface area contributed by atoms with Crippen molar-refractivity contribution < 1.29 is 37.0 Å². The number of amides is 1. The van der Waals surface area contributed by atoms with Crippen molar-refractivity contribution in [3.05, 3.63) is 64.7 Å². The van der Waals surface area contributed by atoms with Crippen LogP contribution in [0.25, 0.3) is 6.08 Å². The molecule has 0 atom stereocenters. The van der Waals surface area contributed by atoms with E-state index in [1.807, 2.05) is 16.9 Å². The lowest BCUT2D eigenvalue weighted by atomic mass is 9.78. The summed E-state index contributed by atoms with van der Waals surface area (Å²) in [5, 5.41) is 0. The Hall–Kier alpha value is -3.21. The third-order valence-corrected chi connectivity index (χ3v) is 7.15. The van der Waals surface area contributed by atoms with Crippen molar-refractivity contribution in [2.75, 3.05) is 33.7 Å². The first-order valence-corrected chi connectivity index (χ1v) is 14.5. The molecule has 40 heavy (non-hydrogen) atoms. The summed E-state index contributed by atoms with van der Waals surface area (Å²) in [5.41, 5.74) is 2.17. The third-order valence-electron chi connectivity index (χ3n) is 5.78. The molecule has 220 valence electrons. The van der Waals surface area contributed by atoms with Gasteiger partial charge in [-0.05, 0) is 65.8 Å². The van der Waals surface area contributed by atoms with Crippen LogP contribution in [0.2, 0.25) is 0 Å². The maximum Gasteiger partial charge on any atom is 0.338 e. The van der Waals surface area contributed by atoms with Crippen molar-refractivity contribution in [3.8, 4) is 5.75 Å². The molecule has 0 fully saturated rings. The van der Waals surface area contributed by atoms with E-state index in [0.29, 0.717) is 24.5 Å². The Labute approximate surface area is 237 Å². The molecular weight excluding hydrogens is 534 g/mol. The molecule has 0 aliphatic rings. The van der Waals surface area contributed by atoms with E-state index >= 15 is 0 Å². The van der Waals surface area contributed by atoms with Crippen LogP contribution >= 0.6 is 0 Å². The highest BCUT2D eigenvalue weighted by molar-refractivity contribution is 7.90. The fourth-order valence-electron chi connectivity index (χ4n) is 3.70. The number of methoxy groups -OCH3 is 1. The first-order valence-electron chi connectivity index (χ1n) is 13.0. The van der Waals surface area contributed by atoms with Crippen LogP contribution in [-0.4, -0.2) is 54.0 Å². The maximum absolute atomic E-state index is 12.7. The van der Waals surface area contributed by atoms with Crippen LogP contribution in [0, 0.1) is 0 Å². The van der Waals surface area contributed by atoms with Gasteiger partial charge in [0.2, 0.25) is 0 Å². The fraction of sp³-hybridized carbons (Fsp3) is 0.467. The van der Waals surface area contributed by atoms with E-state index in [2.05, 4.69) is 41.5 Å². The van der Waals surface area contributed by atoms with Crippen molar-refractivity contribution in [1.82, 2.24) is 4.72 Å². The molecule has 2 aromatic rings. The zero-order valence-electron chi connectivity index (χ0n) is 24.6. The van der Waals surface area contributed by atoms with Crippen molar-refractivity contribution in [2.45, 2.75) is 64.2 Å². The Bertz CT molecular complexity index is 1270. The monoisotopic (exact) mass is 575 g/mol. The molecule has 0 saturated carbocycles. The number of carbonyl (C=O) groups excluding carboxylic acids is 2. The van der Waals surface area contributed by atoms with Crippen molar-refractivity contribution in [2.24, 2.45) is 0 Å². The summed E-state index contributed by atoms with van der Waals surface area (Å²) in [5.74, 6) is -0.651. The van der Waals surface area contributed by atoms with Gasteiger partial charge in [0.25, 0.3) is 15.9 Å². The Balaban J connectivity index is 2.31. The summed E-state index contributed by atoms with van der Waals surface area (Å²) in [6.45, 7) is 15.2. The smallest absolute Gasteiger partial charge is 0.338 e. The van der Waals surface area contributed by atoms with Crippen LogP contribution in [0.15, 0.2) is 47.4 Å². The zero-order chi connectivity index (χ0) is 30.1. The number of ether oxygens (including phenoxy) is 4. The summed E-state index contributed by atoms with van der Waals surface area (Å²) in [7, 11) is -2.55. The van der Waals surface area contributed by atoms with Gasteiger partial charge in [0.15, 0.2) is 6.79 Å². The van der Waals surface area contributed by atoms with Gasteiger partial charge in [-0.15, -0.1) is 0 Å². The van der Waals surface area contributed by atoms with Gasteiger partial charge in [0.1, 0.15) is 5.75 Å². The molecule has 0 radical (unpaired) electrons. The lowest BCUT2D eigenvalue weighted by Crippen LogP contribution is -2.29. The van der Waals surface area contributed by atoms with E-state index < -0.39 is 21.9 Å². The lowest BCUT2D eigenvalue weighted by Gasteiger charge is -2.30. The molecule has 9 nitrogen and oxygen atoms in total. The standard InChI is InChI=1S/C30H41NO8S/c1-9-38-28(33)22-11-13-23(14-12-22)40(34,35)31-26(32)15-10-21-18-24(29(2,3)4)27(25(19-21)30(5,6)7)39-20-37-17-16-36-8/h10-15,18-19H,9,16-17,20H2,1-8H3,(H,31,32)/b15-10+. The Kier molecular flexibility index (Phi) is 11.5. The quantitative estimate of drug-likeness (QED) is 0.163. The normalized spacial score (nSPS) is 12.4. The van der Waals surface area contributed by atoms with Crippen LogP contribution in [-0.2, 0) is 39.9 Å². The Morgan fingerprint density at radius 3 is 2.00 bits per heavy atom. The molecular formula is C30H41NO8S. The van der Waals surface area contributed by atoms with Crippen molar-refractivity contribution in [1.29, 1.82) is 0 Å². The molecule has 0 saturated heterocycles. The van der Waals surface area contributed by atoms with Crippen LogP contribution < -0.4 is 9.46 Å². The Morgan fingerprint density at radius 2 is 1.50 bits per heavy atom. The molecule has 0 bridgehead atoms.